The number of benzene rings is 1. The van der Waals surface area contributed by atoms with Gasteiger partial charge in [0.05, 0.1) is 7.11 Å². The van der Waals surface area contributed by atoms with E-state index in [1.807, 2.05) is 30.3 Å². The van der Waals surface area contributed by atoms with Gasteiger partial charge in [-0.15, -0.1) is 0 Å². The van der Waals surface area contributed by atoms with Crippen LogP contribution in [0.15, 0.2) is 42.2 Å². The highest BCUT2D eigenvalue weighted by molar-refractivity contribution is 5.99. The summed E-state index contributed by atoms with van der Waals surface area (Å²) in [7, 11) is 1.38. The molecule has 0 amide bonds. The predicted octanol–water partition coefficient (Wildman–Crippen LogP) is 1.52. The Bertz CT molecular complexity index is 356. The van der Waals surface area contributed by atoms with Crippen LogP contribution in [-0.4, -0.2) is 13.1 Å². The SMILES string of the molecule is COC(=O)C1=CN1c1ccccc1. The molecule has 1 aromatic rings. The Labute approximate surface area is 76.2 Å². The lowest BCUT2D eigenvalue weighted by Crippen LogP contribution is -2.06. The highest BCUT2D eigenvalue weighted by Crippen LogP contribution is 2.30. The van der Waals surface area contributed by atoms with Crippen molar-refractivity contribution < 1.29 is 9.53 Å². The first-order valence-electron chi connectivity index (χ1n) is 3.97. The first kappa shape index (κ1) is 7.86. The van der Waals surface area contributed by atoms with Gasteiger partial charge in [0, 0.05) is 11.9 Å². The maximum atomic E-state index is 11.0. The summed E-state index contributed by atoms with van der Waals surface area (Å²) in [6, 6.07) is 9.66. The number of esters is 1. The maximum Gasteiger partial charge on any atom is 0.356 e. The van der Waals surface area contributed by atoms with E-state index in [0.717, 1.165) is 5.69 Å². The summed E-state index contributed by atoms with van der Waals surface area (Å²) < 4.78 is 4.58. The lowest BCUT2D eigenvalue weighted by molar-refractivity contribution is -0.135. The zero-order valence-corrected chi connectivity index (χ0v) is 7.23. The van der Waals surface area contributed by atoms with Crippen molar-refractivity contribution in [1.82, 2.24) is 0 Å². The van der Waals surface area contributed by atoms with E-state index in [0.29, 0.717) is 5.70 Å². The Morgan fingerprint density at radius 3 is 2.62 bits per heavy atom. The highest BCUT2D eigenvalue weighted by atomic mass is 16.5. The molecule has 3 heteroatoms. The van der Waals surface area contributed by atoms with Crippen LogP contribution in [0.1, 0.15) is 0 Å². The standard InChI is InChI=1S/C10H9NO2/c1-13-10(12)9-7-11(9)8-5-3-2-4-6-8/h2-7H,1H3. The summed E-state index contributed by atoms with van der Waals surface area (Å²) >= 11 is 0. The average Bonchev–Trinajstić information content (AvgIpc) is 2.98. The van der Waals surface area contributed by atoms with Crippen LogP contribution in [0.5, 0.6) is 0 Å². The van der Waals surface area contributed by atoms with Crippen LogP contribution >= 0.6 is 0 Å². The number of hydrogen-bond acceptors (Lipinski definition) is 3. The molecule has 0 radical (unpaired) electrons. The molecule has 1 aliphatic heterocycles. The molecule has 1 aromatic carbocycles. The molecule has 0 atom stereocenters. The summed E-state index contributed by atoms with van der Waals surface area (Å²) in [5.41, 5.74) is 1.59. The third-order valence-corrected chi connectivity index (χ3v) is 1.87. The number of para-hydroxylation sites is 1. The van der Waals surface area contributed by atoms with Crippen molar-refractivity contribution in [2.45, 2.75) is 0 Å². The number of ether oxygens (including phenoxy) is 1. The molecular formula is C10H9NO2. The molecule has 0 unspecified atom stereocenters. The molecule has 0 saturated carbocycles. The Hall–Kier alpha value is -1.77. The quantitative estimate of drug-likeness (QED) is 0.638. The molecule has 1 heterocycles. The summed E-state index contributed by atoms with van der Waals surface area (Å²) in [6.07, 6.45) is 1.75. The molecule has 0 saturated heterocycles. The first-order valence-corrected chi connectivity index (χ1v) is 3.97. The van der Waals surface area contributed by atoms with Crippen LogP contribution in [0.2, 0.25) is 0 Å². The summed E-state index contributed by atoms with van der Waals surface area (Å²) in [5.74, 6) is -0.288. The second-order valence-corrected chi connectivity index (χ2v) is 2.71. The van der Waals surface area contributed by atoms with Gasteiger partial charge >= 0.3 is 5.97 Å². The van der Waals surface area contributed by atoms with Crippen LogP contribution in [0, 0.1) is 0 Å². The van der Waals surface area contributed by atoms with Crippen molar-refractivity contribution in [2.24, 2.45) is 0 Å². The van der Waals surface area contributed by atoms with Crippen molar-refractivity contribution >= 4 is 11.7 Å². The smallest absolute Gasteiger partial charge is 0.356 e. The lowest BCUT2D eigenvalue weighted by atomic mass is 10.3. The first-order chi connectivity index (χ1) is 6.33. The second kappa shape index (κ2) is 2.94. The molecular weight excluding hydrogens is 166 g/mol. The second-order valence-electron chi connectivity index (χ2n) is 2.71. The highest BCUT2D eigenvalue weighted by Gasteiger charge is 2.29. The van der Waals surface area contributed by atoms with Gasteiger partial charge in [0.1, 0.15) is 5.70 Å². The third-order valence-electron chi connectivity index (χ3n) is 1.87. The zero-order valence-electron chi connectivity index (χ0n) is 7.23. The van der Waals surface area contributed by atoms with Crippen molar-refractivity contribution in [3.8, 4) is 0 Å². The van der Waals surface area contributed by atoms with Crippen molar-refractivity contribution in [2.75, 3.05) is 12.0 Å². The van der Waals surface area contributed by atoms with E-state index in [4.69, 9.17) is 0 Å². The number of carbonyl (C=O) groups excluding carboxylic acids is 1. The fourth-order valence-corrected chi connectivity index (χ4v) is 1.15. The molecule has 3 nitrogen and oxygen atoms in total. The molecule has 2 rings (SSSR count). The van der Waals surface area contributed by atoms with Gasteiger partial charge in [-0.3, -0.25) is 0 Å². The van der Waals surface area contributed by atoms with Gasteiger partial charge in [-0.25, -0.2) is 4.79 Å². The Morgan fingerprint density at radius 1 is 1.31 bits per heavy atom. The van der Waals surface area contributed by atoms with Crippen LogP contribution < -0.4 is 4.90 Å². The molecule has 0 bridgehead atoms. The van der Waals surface area contributed by atoms with E-state index in [1.54, 1.807) is 11.1 Å². The lowest BCUT2D eigenvalue weighted by Gasteiger charge is -2.03. The van der Waals surface area contributed by atoms with E-state index >= 15 is 0 Å². The number of hydrogen-bond donors (Lipinski definition) is 0. The average molecular weight is 175 g/mol. The van der Waals surface area contributed by atoms with Gasteiger partial charge < -0.3 is 9.64 Å². The molecule has 0 N–H and O–H groups in total. The van der Waals surface area contributed by atoms with Crippen LogP contribution in [-0.2, 0) is 9.53 Å². The molecule has 13 heavy (non-hydrogen) atoms. The van der Waals surface area contributed by atoms with Gasteiger partial charge in [0.15, 0.2) is 0 Å². The maximum absolute atomic E-state index is 11.0. The van der Waals surface area contributed by atoms with Gasteiger partial charge in [-0.1, -0.05) is 18.2 Å². The summed E-state index contributed by atoms with van der Waals surface area (Å²) in [4.78, 5) is 12.8. The zero-order chi connectivity index (χ0) is 9.26. The van der Waals surface area contributed by atoms with Crippen LogP contribution in [0.3, 0.4) is 0 Å². The van der Waals surface area contributed by atoms with E-state index in [9.17, 15) is 4.79 Å². The Kier molecular flexibility index (Phi) is 1.77. The largest absolute Gasteiger partial charge is 0.464 e. The molecule has 0 aliphatic carbocycles. The third kappa shape index (κ3) is 1.40. The van der Waals surface area contributed by atoms with Gasteiger partial charge in [-0.05, 0) is 12.1 Å². The van der Waals surface area contributed by atoms with E-state index in [2.05, 4.69) is 4.74 Å². The normalized spacial score (nSPS) is 13.6. The molecule has 0 spiro atoms. The Morgan fingerprint density at radius 2 is 2.00 bits per heavy atom. The number of anilines is 1. The number of carbonyl (C=O) groups is 1. The minimum Gasteiger partial charge on any atom is -0.464 e. The van der Waals surface area contributed by atoms with Gasteiger partial charge in [0.2, 0.25) is 0 Å². The van der Waals surface area contributed by atoms with Crippen LogP contribution in [0.4, 0.5) is 5.69 Å². The van der Waals surface area contributed by atoms with Gasteiger partial charge in [0.25, 0.3) is 0 Å². The number of methoxy groups -OCH3 is 1. The summed E-state index contributed by atoms with van der Waals surface area (Å²) in [6.45, 7) is 0. The topological polar surface area (TPSA) is 29.3 Å². The molecule has 66 valence electrons. The van der Waals surface area contributed by atoms with Gasteiger partial charge in [-0.2, -0.15) is 0 Å². The minimum absolute atomic E-state index is 0.288. The fourth-order valence-electron chi connectivity index (χ4n) is 1.15. The van der Waals surface area contributed by atoms with Crippen molar-refractivity contribution in [3.05, 3.63) is 42.2 Å². The van der Waals surface area contributed by atoms with Crippen LogP contribution in [0.25, 0.3) is 0 Å². The number of nitrogens with zero attached hydrogens (tertiary/aromatic N) is 1. The monoisotopic (exact) mass is 175 g/mol. The number of rotatable bonds is 2. The fraction of sp³-hybridized carbons (Fsp3) is 0.100. The Balaban J connectivity index is 2.07. The summed E-state index contributed by atoms with van der Waals surface area (Å²) in [5, 5.41) is 0. The molecule has 0 aromatic heterocycles. The molecule has 1 aliphatic rings. The van der Waals surface area contributed by atoms with E-state index < -0.39 is 0 Å². The van der Waals surface area contributed by atoms with E-state index in [1.165, 1.54) is 7.11 Å². The van der Waals surface area contributed by atoms with Crippen molar-refractivity contribution in [1.29, 1.82) is 0 Å². The molecule has 0 fully saturated rings. The minimum atomic E-state index is -0.288. The van der Waals surface area contributed by atoms with Crippen molar-refractivity contribution in [3.63, 3.8) is 0 Å². The van der Waals surface area contributed by atoms with E-state index in [-0.39, 0.29) is 5.97 Å². The predicted molar refractivity (Wildman–Crippen MR) is 49.0 cm³/mol.